The van der Waals surface area contributed by atoms with Gasteiger partial charge in [-0.25, -0.2) is 9.37 Å². The number of aromatic nitrogens is 2. The van der Waals surface area contributed by atoms with E-state index in [9.17, 15) is 4.39 Å². The summed E-state index contributed by atoms with van der Waals surface area (Å²) in [6.45, 7) is 1.83. The molecule has 3 aromatic rings. The molecule has 0 aliphatic rings. The molecule has 0 fully saturated rings. The van der Waals surface area contributed by atoms with Crippen LogP contribution in [-0.2, 0) is 0 Å². The van der Waals surface area contributed by atoms with Crippen molar-refractivity contribution in [3.05, 3.63) is 60.2 Å². The molecule has 0 saturated carbocycles. The predicted octanol–water partition coefficient (Wildman–Crippen LogP) is 3.18. The number of para-hydroxylation sites is 2. The number of nitrogens with two attached hydrogens (primary N) is 1. The molecule has 3 rings (SSSR count). The van der Waals surface area contributed by atoms with Crippen molar-refractivity contribution >= 4 is 11.0 Å². The number of rotatable bonds is 2. The van der Waals surface area contributed by atoms with E-state index in [1.165, 1.54) is 6.07 Å². The highest BCUT2D eigenvalue weighted by Gasteiger charge is 2.10. The van der Waals surface area contributed by atoms with E-state index in [1.54, 1.807) is 17.0 Å². The van der Waals surface area contributed by atoms with E-state index in [-0.39, 0.29) is 11.9 Å². The molecule has 0 saturated heterocycles. The van der Waals surface area contributed by atoms with Crippen molar-refractivity contribution in [1.29, 1.82) is 0 Å². The largest absolute Gasteiger partial charge is 0.324 e. The Balaban J connectivity index is 2.17. The second-order valence-electron chi connectivity index (χ2n) is 4.60. The third-order valence-electron chi connectivity index (χ3n) is 3.21. The highest BCUT2D eigenvalue weighted by atomic mass is 19.1. The van der Waals surface area contributed by atoms with E-state index in [0.717, 1.165) is 16.6 Å². The molecular formula is C15H14FN3. The molecule has 1 aromatic heterocycles. The Morgan fingerprint density at radius 1 is 1.21 bits per heavy atom. The molecule has 0 amide bonds. The van der Waals surface area contributed by atoms with Gasteiger partial charge in [0.2, 0.25) is 0 Å². The third-order valence-corrected chi connectivity index (χ3v) is 3.21. The Labute approximate surface area is 110 Å². The van der Waals surface area contributed by atoms with Crippen LogP contribution < -0.4 is 5.73 Å². The lowest BCUT2D eigenvalue weighted by atomic mass is 10.1. The molecule has 3 nitrogen and oxygen atoms in total. The van der Waals surface area contributed by atoms with Crippen LogP contribution in [0.1, 0.15) is 18.5 Å². The Hall–Kier alpha value is -2.20. The Morgan fingerprint density at radius 2 is 2.00 bits per heavy atom. The Kier molecular flexibility index (Phi) is 2.80. The molecule has 96 valence electrons. The van der Waals surface area contributed by atoms with Crippen LogP contribution in [0.4, 0.5) is 4.39 Å². The normalized spacial score (nSPS) is 12.8. The van der Waals surface area contributed by atoms with Crippen LogP contribution in [0.15, 0.2) is 48.8 Å². The summed E-state index contributed by atoms with van der Waals surface area (Å²) in [5.74, 6) is -0.294. The summed E-state index contributed by atoms with van der Waals surface area (Å²) in [7, 11) is 0. The molecule has 0 unspecified atom stereocenters. The number of hydrogen-bond donors (Lipinski definition) is 1. The van der Waals surface area contributed by atoms with E-state index in [0.29, 0.717) is 5.69 Å². The second-order valence-corrected chi connectivity index (χ2v) is 4.60. The van der Waals surface area contributed by atoms with Gasteiger partial charge in [0.15, 0.2) is 0 Å². The number of hydrogen-bond acceptors (Lipinski definition) is 2. The molecule has 19 heavy (non-hydrogen) atoms. The molecule has 0 bridgehead atoms. The van der Waals surface area contributed by atoms with Gasteiger partial charge in [-0.1, -0.05) is 18.2 Å². The topological polar surface area (TPSA) is 43.8 Å². The van der Waals surface area contributed by atoms with Gasteiger partial charge in [0, 0.05) is 6.04 Å². The smallest absolute Gasteiger partial charge is 0.147 e. The van der Waals surface area contributed by atoms with Gasteiger partial charge in [-0.05, 0) is 36.8 Å². The van der Waals surface area contributed by atoms with Crippen LogP contribution in [0.5, 0.6) is 0 Å². The summed E-state index contributed by atoms with van der Waals surface area (Å²) in [5.41, 5.74) is 8.75. The zero-order valence-electron chi connectivity index (χ0n) is 10.5. The Morgan fingerprint density at radius 3 is 2.74 bits per heavy atom. The molecule has 4 heteroatoms. The lowest BCUT2D eigenvalue weighted by molar-refractivity contribution is 0.614. The first kappa shape index (κ1) is 11.9. The van der Waals surface area contributed by atoms with Crippen LogP contribution in [0.3, 0.4) is 0 Å². The van der Waals surface area contributed by atoms with Crippen molar-refractivity contribution in [2.24, 2.45) is 5.73 Å². The maximum atomic E-state index is 14.2. The Bertz CT molecular complexity index is 731. The average molecular weight is 255 g/mol. The fraction of sp³-hybridized carbons (Fsp3) is 0.133. The lowest BCUT2D eigenvalue weighted by Gasteiger charge is -2.10. The maximum absolute atomic E-state index is 14.2. The van der Waals surface area contributed by atoms with Crippen molar-refractivity contribution in [1.82, 2.24) is 9.55 Å². The van der Waals surface area contributed by atoms with E-state index in [2.05, 4.69) is 4.98 Å². The van der Waals surface area contributed by atoms with Gasteiger partial charge in [-0.15, -0.1) is 0 Å². The minimum Gasteiger partial charge on any atom is -0.324 e. The van der Waals surface area contributed by atoms with E-state index in [4.69, 9.17) is 5.73 Å². The maximum Gasteiger partial charge on any atom is 0.147 e. The van der Waals surface area contributed by atoms with Crippen molar-refractivity contribution in [3.8, 4) is 5.69 Å². The average Bonchev–Trinajstić information content (AvgIpc) is 2.82. The molecular weight excluding hydrogens is 241 g/mol. The van der Waals surface area contributed by atoms with Gasteiger partial charge < -0.3 is 5.73 Å². The van der Waals surface area contributed by atoms with E-state index in [1.807, 2.05) is 37.3 Å². The van der Waals surface area contributed by atoms with Gasteiger partial charge in [0.1, 0.15) is 12.1 Å². The van der Waals surface area contributed by atoms with E-state index < -0.39 is 0 Å². The molecule has 0 spiro atoms. The van der Waals surface area contributed by atoms with Crippen LogP contribution in [0.2, 0.25) is 0 Å². The quantitative estimate of drug-likeness (QED) is 0.764. The molecule has 1 heterocycles. The molecule has 0 aliphatic heterocycles. The zero-order valence-corrected chi connectivity index (χ0v) is 10.5. The highest BCUT2D eigenvalue weighted by molar-refractivity contribution is 5.77. The first-order valence-corrected chi connectivity index (χ1v) is 6.14. The van der Waals surface area contributed by atoms with Crippen molar-refractivity contribution in [3.63, 3.8) is 0 Å². The minimum absolute atomic E-state index is 0.178. The van der Waals surface area contributed by atoms with Crippen molar-refractivity contribution < 1.29 is 4.39 Å². The minimum atomic E-state index is -0.294. The van der Waals surface area contributed by atoms with Gasteiger partial charge in [0.05, 0.1) is 16.7 Å². The van der Waals surface area contributed by atoms with Crippen LogP contribution in [-0.4, -0.2) is 9.55 Å². The first-order valence-electron chi connectivity index (χ1n) is 6.14. The molecule has 0 radical (unpaired) electrons. The summed E-state index contributed by atoms with van der Waals surface area (Å²) in [6.07, 6.45) is 1.63. The molecule has 2 N–H and O–H groups in total. The summed E-state index contributed by atoms with van der Waals surface area (Å²) < 4.78 is 15.9. The first-order chi connectivity index (χ1) is 9.16. The van der Waals surface area contributed by atoms with Gasteiger partial charge in [-0.3, -0.25) is 4.57 Å². The molecule has 1 atom stereocenters. The third kappa shape index (κ3) is 2.00. The number of benzene rings is 2. The highest BCUT2D eigenvalue weighted by Crippen LogP contribution is 2.22. The van der Waals surface area contributed by atoms with Gasteiger partial charge in [-0.2, -0.15) is 0 Å². The fourth-order valence-electron chi connectivity index (χ4n) is 2.15. The van der Waals surface area contributed by atoms with Crippen LogP contribution in [0.25, 0.3) is 16.7 Å². The summed E-state index contributed by atoms with van der Waals surface area (Å²) >= 11 is 0. The van der Waals surface area contributed by atoms with Crippen molar-refractivity contribution in [2.45, 2.75) is 13.0 Å². The standard InChI is InChI=1S/C15H14FN3/c1-10(17)11-6-7-14(12(16)8-11)19-9-18-13-4-2-3-5-15(13)19/h2-10H,17H2,1H3/t10-/m1/s1. The number of nitrogens with zero attached hydrogens (tertiary/aromatic N) is 2. The number of imidazole rings is 1. The SMILES string of the molecule is C[C@@H](N)c1ccc(-n2cnc3ccccc32)c(F)c1. The summed E-state index contributed by atoms with van der Waals surface area (Å²) in [6, 6.07) is 12.5. The van der Waals surface area contributed by atoms with Crippen LogP contribution >= 0.6 is 0 Å². The number of fused-ring (bicyclic) bond motifs is 1. The van der Waals surface area contributed by atoms with Crippen LogP contribution in [0, 0.1) is 5.82 Å². The summed E-state index contributed by atoms with van der Waals surface area (Å²) in [5, 5.41) is 0. The zero-order chi connectivity index (χ0) is 13.4. The lowest BCUT2D eigenvalue weighted by Crippen LogP contribution is -2.06. The van der Waals surface area contributed by atoms with E-state index >= 15 is 0 Å². The van der Waals surface area contributed by atoms with Gasteiger partial charge in [0.25, 0.3) is 0 Å². The monoisotopic (exact) mass is 255 g/mol. The second kappa shape index (κ2) is 4.48. The molecule has 0 aliphatic carbocycles. The predicted molar refractivity (Wildman–Crippen MR) is 73.6 cm³/mol. The fourth-order valence-corrected chi connectivity index (χ4v) is 2.15. The summed E-state index contributed by atoms with van der Waals surface area (Å²) in [4.78, 5) is 4.27. The number of halogens is 1. The van der Waals surface area contributed by atoms with Crippen molar-refractivity contribution in [2.75, 3.05) is 0 Å². The molecule has 2 aromatic carbocycles. The van der Waals surface area contributed by atoms with Gasteiger partial charge >= 0.3 is 0 Å².